The van der Waals surface area contributed by atoms with E-state index in [1.807, 2.05) is 6.07 Å². The summed E-state index contributed by atoms with van der Waals surface area (Å²) in [5.74, 6) is -0.0515. The molecule has 10 nitrogen and oxygen atoms in total. The molecule has 4 atom stereocenters. The molecule has 2 bridgehead atoms. The molecule has 4 rings (SSSR count). The standard InChI is InChI=1S/C20H25N5O5/c21-7-12-1-2-16(15(22)6-12)30-17-3-4-23-20(17,29)18(26)24-8-13-5-14(9-24)11-25(10-13)19(27)28/h1-2,6,13-14,17,23,29H,3-5,8-11,22H2,(H,27,28)/t13?,14?,17?,20-/m1/s1. The lowest BCUT2D eigenvalue weighted by molar-refractivity contribution is -0.166. The number of nitrogens with one attached hydrogen (secondary N) is 1. The molecule has 3 unspecified atom stereocenters. The summed E-state index contributed by atoms with van der Waals surface area (Å²) in [5.41, 5.74) is 4.72. The Hall–Kier alpha value is -3.03. The highest BCUT2D eigenvalue weighted by molar-refractivity contribution is 5.86. The number of carbonyl (C=O) groups is 2. The number of benzene rings is 1. The second-order valence-corrected chi connectivity index (χ2v) is 8.32. The molecule has 160 valence electrons. The van der Waals surface area contributed by atoms with E-state index in [1.165, 1.54) is 11.0 Å². The van der Waals surface area contributed by atoms with Crippen molar-refractivity contribution in [2.75, 3.05) is 38.5 Å². The number of likely N-dealkylation sites (tertiary alicyclic amines) is 2. The summed E-state index contributed by atoms with van der Waals surface area (Å²) in [6.45, 7) is 1.98. The van der Waals surface area contributed by atoms with E-state index in [0.717, 1.165) is 6.42 Å². The van der Waals surface area contributed by atoms with Crippen LogP contribution in [0.15, 0.2) is 18.2 Å². The number of fused-ring (bicyclic) bond motifs is 2. The molecule has 0 saturated carbocycles. The molecule has 3 fully saturated rings. The Labute approximate surface area is 173 Å². The smallest absolute Gasteiger partial charge is 0.407 e. The predicted octanol–water partition coefficient (Wildman–Crippen LogP) is 0.0281. The Morgan fingerprint density at radius 2 is 1.90 bits per heavy atom. The number of piperidine rings is 2. The summed E-state index contributed by atoms with van der Waals surface area (Å²) in [4.78, 5) is 27.6. The number of hydrogen-bond donors (Lipinski definition) is 4. The lowest BCUT2D eigenvalue weighted by Gasteiger charge is -2.46. The minimum atomic E-state index is -1.89. The Kier molecular flexibility index (Phi) is 5.17. The molecular formula is C20H25N5O5. The summed E-state index contributed by atoms with van der Waals surface area (Å²) < 4.78 is 5.90. The van der Waals surface area contributed by atoms with Crippen molar-refractivity contribution in [1.82, 2.24) is 15.1 Å². The van der Waals surface area contributed by atoms with Crippen molar-refractivity contribution in [1.29, 1.82) is 5.26 Å². The fourth-order valence-corrected chi connectivity index (χ4v) is 4.80. The monoisotopic (exact) mass is 415 g/mol. The molecule has 1 aromatic rings. The molecule has 1 aromatic carbocycles. The van der Waals surface area contributed by atoms with Crippen LogP contribution in [0.5, 0.6) is 5.75 Å². The van der Waals surface area contributed by atoms with Crippen molar-refractivity contribution in [2.45, 2.75) is 24.7 Å². The van der Waals surface area contributed by atoms with Crippen LogP contribution in [0.25, 0.3) is 0 Å². The Bertz CT molecular complexity index is 888. The number of aliphatic hydroxyl groups is 1. The Morgan fingerprint density at radius 1 is 1.23 bits per heavy atom. The number of rotatable bonds is 3. The number of amides is 2. The van der Waals surface area contributed by atoms with Gasteiger partial charge in [-0.1, -0.05) is 0 Å². The number of hydrogen-bond acceptors (Lipinski definition) is 7. The maximum Gasteiger partial charge on any atom is 0.407 e. The average Bonchev–Trinajstić information content (AvgIpc) is 3.09. The number of anilines is 1. The van der Waals surface area contributed by atoms with Crippen LogP contribution in [0, 0.1) is 23.2 Å². The van der Waals surface area contributed by atoms with Crippen LogP contribution in [-0.2, 0) is 4.79 Å². The molecule has 0 aliphatic carbocycles. The first kappa shape index (κ1) is 20.3. The third kappa shape index (κ3) is 3.62. The van der Waals surface area contributed by atoms with Crippen LogP contribution in [-0.4, -0.2) is 76.6 Å². The number of ether oxygens (including phenoxy) is 1. The molecule has 5 N–H and O–H groups in total. The molecule has 3 aliphatic heterocycles. The predicted molar refractivity (Wildman–Crippen MR) is 105 cm³/mol. The van der Waals surface area contributed by atoms with Gasteiger partial charge < -0.3 is 30.5 Å². The SMILES string of the molecule is N#Cc1ccc(OC2CCN[C@]2(O)C(=O)N2CC3CC(CN(C(=O)O)C3)C2)c(N)c1. The van der Waals surface area contributed by atoms with Crippen molar-refractivity contribution in [3.8, 4) is 11.8 Å². The van der Waals surface area contributed by atoms with Gasteiger partial charge in [0.25, 0.3) is 5.91 Å². The second kappa shape index (κ2) is 7.66. The molecule has 3 saturated heterocycles. The molecule has 3 aliphatic rings. The van der Waals surface area contributed by atoms with Gasteiger partial charge in [-0.2, -0.15) is 5.26 Å². The maximum atomic E-state index is 13.3. The zero-order valence-electron chi connectivity index (χ0n) is 16.5. The summed E-state index contributed by atoms with van der Waals surface area (Å²) in [6.07, 6.45) is -0.484. The lowest BCUT2D eigenvalue weighted by Crippen LogP contribution is -2.65. The zero-order valence-corrected chi connectivity index (χ0v) is 16.5. The van der Waals surface area contributed by atoms with Crippen molar-refractivity contribution in [3.63, 3.8) is 0 Å². The van der Waals surface area contributed by atoms with Gasteiger partial charge in [-0.05, 0) is 36.5 Å². The van der Waals surface area contributed by atoms with Gasteiger partial charge in [0.1, 0.15) is 5.75 Å². The summed E-state index contributed by atoms with van der Waals surface area (Å²) in [6, 6.07) is 6.60. The number of nitriles is 1. The van der Waals surface area contributed by atoms with E-state index in [4.69, 9.17) is 15.7 Å². The van der Waals surface area contributed by atoms with Gasteiger partial charge >= 0.3 is 6.09 Å². The Balaban J connectivity index is 1.48. The van der Waals surface area contributed by atoms with Crippen molar-refractivity contribution in [3.05, 3.63) is 23.8 Å². The van der Waals surface area contributed by atoms with Gasteiger partial charge in [0.2, 0.25) is 5.72 Å². The van der Waals surface area contributed by atoms with Gasteiger partial charge in [-0.15, -0.1) is 0 Å². The highest BCUT2D eigenvalue weighted by Crippen LogP contribution is 2.33. The lowest BCUT2D eigenvalue weighted by atomic mass is 9.84. The molecule has 10 heteroatoms. The van der Waals surface area contributed by atoms with Gasteiger partial charge in [-0.25, -0.2) is 4.79 Å². The zero-order chi connectivity index (χ0) is 21.5. The van der Waals surface area contributed by atoms with E-state index in [1.54, 1.807) is 17.0 Å². The molecule has 0 aromatic heterocycles. The van der Waals surface area contributed by atoms with Gasteiger partial charge in [-0.3, -0.25) is 10.1 Å². The first-order chi connectivity index (χ1) is 14.3. The maximum absolute atomic E-state index is 13.3. The van der Waals surface area contributed by atoms with E-state index >= 15 is 0 Å². The fraction of sp³-hybridized carbons (Fsp3) is 0.550. The van der Waals surface area contributed by atoms with E-state index in [2.05, 4.69) is 5.32 Å². The molecule has 3 heterocycles. The van der Waals surface area contributed by atoms with E-state index in [-0.39, 0.29) is 17.5 Å². The number of nitrogen functional groups attached to an aromatic ring is 1. The minimum absolute atomic E-state index is 0.0519. The van der Waals surface area contributed by atoms with Crippen LogP contribution in [0.3, 0.4) is 0 Å². The first-order valence-corrected chi connectivity index (χ1v) is 10.0. The van der Waals surface area contributed by atoms with Crippen LogP contribution in [0.4, 0.5) is 10.5 Å². The molecular weight excluding hydrogens is 390 g/mol. The number of nitrogens with two attached hydrogens (primary N) is 1. The number of nitrogens with zero attached hydrogens (tertiary/aromatic N) is 3. The van der Waals surface area contributed by atoms with Crippen molar-refractivity contribution >= 4 is 17.7 Å². The van der Waals surface area contributed by atoms with Crippen LogP contribution in [0.1, 0.15) is 18.4 Å². The van der Waals surface area contributed by atoms with Crippen LogP contribution >= 0.6 is 0 Å². The molecule has 30 heavy (non-hydrogen) atoms. The summed E-state index contributed by atoms with van der Waals surface area (Å²) >= 11 is 0. The highest BCUT2D eigenvalue weighted by Gasteiger charge is 2.53. The summed E-state index contributed by atoms with van der Waals surface area (Å²) in [7, 11) is 0. The normalized spacial score (nSPS) is 30.6. The quantitative estimate of drug-likeness (QED) is 0.505. The molecule has 0 radical (unpaired) electrons. The second-order valence-electron chi connectivity index (χ2n) is 8.32. The number of carboxylic acid groups (broad SMARTS) is 1. The van der Waals surface area contributed by atoms with E-state index in [0.29, 0.717) is 50.5 Å². The number of carbonyl (C=O) groups excluding carboxylic acids is 1. The molecule has 0 spiro atoms. The van der Waals surface area contributed by atoms with E-state index < -0.39 is 23.8 Å². The minimum Gasteiger partial charge on any atom is -0.483 e. The Morgan fingerprint density at radius 3 is 2.50 bits per heavy atom. The topological polar surface area (TPSA) is 152 Å². The highest BCUT2D eigenvalue weighted by atomic mass is 16.5. The van der Waals surface area contributed by atoms with E-state index in [9.17, 15) is 19.8 Å². The van der Waals surface area contributed by atoms with Crippen molar-refractivity contribution < 1.29 is 24.5 Å². The third-order valence-electron chi connectivity index (χ3n) is 6.14. The van der Waals surface area contributed by atoms with Gasteiger partial charge in [0, 0.05) is 39.1 Å². The first-order valence-electron chi connectivity index (χ1n) is 10.0. The largest absolute Gasteiger partial charge is 0.483 e. The van der Waals surface area contributed by atoms with Crippen LogP contribution < -0.4 is 15.8 Å². The van der Waals surface area contributed by atoms with Crippen LogP contribution in [0.2, 0.25) is 0 Å². The average molecular weight is 415 g/mol. The molecule has 2 amide bonds. The third-order valence-corrected chi connectivity index (χ3v) is 6.14. The van der Waals surface area contributed by atoms with Gasteiger partial charge in [0.05, 0.1) is 17.3 Å². The summed E-state index contributed by atoms with van der Waals surface area (Å²) in [5, 5.41) is 32.3. The fourth-order valence-electron chi connectivity index (χ4n) is 4.80. The van der Waals surface area contributed by atoms with Crippen molar-refractivity contribution in [2.24, 2.45) is 11.8 Å². The van der Waals surface area contributed by atoms with Gasteiger partial charge in [0.15, 0.2) is 6.10 Å².